The van der Waals surface area contributed by atoms with Gasteiger partial charge in [-0.3, -0.25) is 0 Å². The van der Waals surface area contributed by atoms with Crippen molar-refractivity contribution in [3.63, 3.8) is 0 Å². The van der Waals surface area contributed by atoms with Crippen molar-refractivity contribution in [2.45, 2.75) is 10.9 Å². The molecule has 3 aromatic rings. The van der Waals surface area contributed by atoms with E-state index < -0.39 is 0 Å². The number of anilines is 2. The van der Waals surface area contributed by atoms with Gasteiger partial charge in [0.05, 0.1) is 15.9 Å². The molecule has 3 rings (SSSR count). The van der Waals surface area contributed by atoms with E-state index in [9.17, 15) is 4.39 Å². The zero-order valence-electron chi connectivity index (χ0n) is 11.3. The molecule has 0 unspecified atom stereocenters. The number of hydrogen-bond donors (Lipinski definition) is 2. The Balaban J connectivity index is 1.86. The summed E-state index contributed by atoms with van der Waals surface area (Å²) in [5.41, 5.74) is 7.62. The summed E-state index contributed by atoms with van der Waals surface area (Å²) in [4.78, 5) is 8.49. The molecular formula is C14H13FN4S2. The lowest BCUT2D eigenvalue weighted by Gasteiger charge is -2.08. The first-order valence-corrected chi connectivity index (χ1v) is 8.29. The molecule has 0 saturated carbocycles. The van der Waals surface area contributed by atoms with Crippen molar-refractivity contribution < 1.29 is 4.39 Å². The van der Waals surface area contributed by atoms with Crippen LogP contribution in [0.5, 0.6) is 0 Å². The third kappa shape index (κ3) is 2.93. The Labute approximate surface area is 129 Å². The first kappa shape index (κ1) is 14.1. The minimum Gasteiger partial charge on any atom is -0.396 e. The van der Waals surface area contributed by atoms with Gasteiger partial charge in [0.15, 0.2) is 4.34 Å². The molecule has 7 heteroatoms. The monoisotopic (exact) mass is 320 g/mol. The standard InChI is InChI=1S/C14H13FN4S2/c1-20-14-19-11-6-9(15)8(5-12(11)21-14)7-18-13-10(16)3-2-4-17-13/h2-6H,7,16H2,1H3,(H,17,18). The highest BCUT2D eigenvalue weighted by atomic mass is 32.2. The molecule has 2 aromatic heterocycles. The molecule has 0 radical (unpaired) electrons. The first-order chi connectivity index (χ1) is 10.2. The minimum atomic E-state index is -0.276. The fourth-order valence-electron chi connectivity index (χ4n) is 1.94. The van der Waals surface area contributed by atoms with Crippen LogP contribution in [0.4, 0.5) is 15.9 Å². The van der Waals surface area contributed by atoms with Crippen LogP contribution < -0.4 is 11.1 Å². The van der Waals surface area contributed by atoms with Crippen molar-refractivity contribution in [3.8, 4) is 0 Å². The number of pyridine rings is 1. The van der Waals surface area contributed by atoms with Gasteiger partial charge in [0, 0.05) is 24.4 Å². The zero-order chi connectivity index (χ0) is 14.8. The van der Waals surface area contributed by atoms with Crippen LogP contribution in [0, 0.1) is 5.82 Å². The lowest BCUT2D eigenvalue weighted by molar-refractivity contribution is 0.614. The van der Waals surface area contributed by atoms with Crippen molar-refractivity contribution in [1.29, 1.82) is 0 Å². The number of halogens is 1. The lowest BCUT2D eigenvalue weighted by atomic mass is 10.2. The van der Waals surface area contributed by atoms with E-state index in [1.165, 1.54) is 6.07 Å². The minimum absolute atomic E-state index is 0.276. The van der Waals surface area contributed by atoms with Gasteiger partial charge >= 0.3 is 0 Å². The molecular weight excluding hydrogens is 307 g/mol. The molecule has 0 aliphatic carbocycles. The van der Waals surface area contributed by atoms with Crippen LogP contribution in [0.1, 0.15) is 5.56 Å². The molecule has 108 valence electrons. The molecule has 0 aliphatic rings. The molecule has 0 saturated heterocycles. The van der Waals surface area contributed by atoms with E-state index in [1.54, 1.807) is 41.4 Å². The molecule has 1 aromatic carbocycles. The summed E-state index contributed by atoms with van der Waals surface area (Å²) in [6, 6.07) is 6.82. The van der Waals surface area contributed by atoms with Gasteiger partial charge in [0.1, 0.15) is 11.6 Å². The summed E-state index contributed by atoms with van der Waals surface area (Å²) in [7, 11) is 0. The maximum atomic E-state index is 14.1. The van der Waals surface area contributed by atoms with Crippen LogP contribution in [-0.4, -0.2) is 16.2 Å². The molecule has 3 N–H and O–H groups in total. The predicted molar refractivity (Wildman–Crippen MR) is 87.3 cm³/mol. The van der Waals surface area contributed by atoms with Gasteiger partial charge in [-0.05, 0) is 24.5 Å². The second kappa shape index (κ2) is 5.87. The van der Waals surface area contributed by atoms with Gasteiger partial charge in [-0.1, -0.05) is 11.8 Å². The van der Waals surface area contributed by atoms with Gasteiger partial charge in [0.2, 0.25) is 0 Å². The Bertz CT molecular complexity index is 788. The number of fused-ring (bicyclic) bond motifs is 1. The van der Waals surface area contributed by atoms with Gasteiger partial charge in [-0.15, -0.1) is 11.3 Å². The van der Waals surface area contributed by atoms with Crippen molar-refractivity contribution >= 4 is 44.8 Å². The van der Waals surface area contributed by atoms with Gasteiger partial charge in [-0.2, -0.15) is 0 Å². The van der Waals surface area contributed by atoms with Crippen LogP contribution in [0.15, 0.2) is 34.8 Å². The Morgan fingerprint density at radius 1 is 1.43 bits per heavy atom. The highest BCUT2D eigenvalue weighted by molar-refractivity contribution is 8.00. The highest BCUT2D eigenvalue weighted by Gasteiger charge is 2.10. The SMILES string of the molecule is CSc1nc2cc(F)c(CNc3ncccc3N)cc2s1. The predicted octanol–water partition coefficient (Wildman–Crippen LogP) is 3.75. The van der Waals surface area contributed by atoms with Gasteiger partial charge in [0.25, 0.3) is 0 Å². The fraction of sp³-hybridized carbons (Fsp3) is 0.143. The van der Waals surface area contributed by atoms with E-state index in [0.717, 1.165) is 9.04 Å². The van der Waals surface area contributed by atoms with Crippen LogP contribution in [0.2, 0.25) is 0 Å². The van der Waals surface area contributed by atoms with E-state index in [-0.39, 0.29) is 5.82 Å². The van der Waals surface area contributed by atoms with E-state index >= 15 is 0 Å². The molecule has 21 heavy (non-hydrogen) atoms. The van der Waals surface area contributed by atoms with Crippen molar-refractivity contribution in [3.05, 3.63) is 41.8 Å². The number of hydrogen-bond acceptors (Lipinski definition) is 6. The van der Waals surface area contributed by atoms with Crippen LogP contribution in [-0.2, 0) is 6.54 Å². The molecule has 0 fully saturated rings. The lowest BCUT2D eigenvalue weighted by Crippen LogP contribution is -2.05. The van der Waals surface area contributed by atoms with Crippen molar-refractivity contribution in [2.24, 2.45) is 0 Å². The fourth-order valence-corrected chi connectivity index (χ4v) is 3.47. The third-order valence-corrected chi connectivity index (χ3v) is 5.00. The summed E-state index contributed by atoms with van der Waals surface area (Å²) >= 11 is 3.12. The molecule has 0 aliphatic heterocycles. The normalized spacial score (nSPS) is 11.0. The Hall–Kier alpha value is -1.86. The summed E-state index contributed by atoms with van der Waals surface area (Å²) in [5, 5.41) is 3.06. The maximum absolute atomic E-state index is 14.1. The number of benzene rings is 1. The Morgan fingerprint density at radius 2 is 2.29 bits per heavy atom. The average molecular weight is 320 g/mol. The summed E-state index contributed by atoms with van der Waals surface area (Å²) in [5.74, 6) is 0.286. The molecule has 2 heterocycles. The topological polar surface area (TPSA) is 63.8 Å². The number of thioether (sulfide) groups is 1. The zero-order valence-corrected chi connectivity index (χ0v) is 12.9. The number of nitrogens with zero attached hydrogens (tertiary/aromatic N) is 2. The van der Waals surface area contributed by atoms with Crippen molar-refractivity contribution in [1.82, 2.24) is 9.97 Å². The molecule has 0 spiro atoms. The Morgan fingerprint density at radius 3 is 3.05 bits per heavy atom. The number of rotatable bonds is 4. The number of nitrogens with one attached hydrogen (secondary N) is 1. The molecule has 4 nitrogen and oxygen atoms in total. The number of aromatic nitrogens is 2. The second-order valence-electron chi connectivity index (χ2n) is 4.39. The average Bonchev–Trinajstić information content (AvgIpc) is 2.88. The highest BCUT2D eigenvalue weighted by Crippen LogP contribution is 2.30. The van der Waals surface area contributed by atoms with Crippen LogP contribution in [0.25, 0.3) is 10.2 Å². The number of nitrogen functional groups attached to an aromatic ring is 1. The molecule has 0 amide bonds. The second-order valence-corrected chi connectivity index (χ2v) is 6.47. The summed E-state index contributed by atoms with van der Waals surface area (Å²) in [6.07, 6.45) is 3.60. The third-order valence-electron chi connectivity index (χ3n) is 3.00. The molecule has 0 atom stereocenters. The molecule has 0 bridgehead atoms. The van der Waals surface area contributed by atoms with E-state index in [4.69, 9.17) is 5.73 Å². The van der Waals surface area contributed by atoms with E-state index in [2.05, 4.69) is 15.3 Å². The summed E-state index contributed by atoms with van der Waals surface area (Å²) < 4.78 is 16.0. The quantitative estimate of drug-likeness (QED) is 0.717. The van der Waals surface area contributed by atoms with E-state index in [1.807, 2.05) is 12.3 Å². The van der Waals surface area contributed by atoms with Crippen molar-refractivity contribution in [2.75, 3.05) is 17.3 Å². The number of thiazole rings is 1. The van der Waals surface area contributed by atoms with Gasteiger partial charge in [-0.25, -0.2) is 14.4 Å². The largest absolute Gasteiger partial charge is 0.396 e. The Kier molecular flexibility index (Phi) is 3.94. The van der Waals surface area contributed by atoms with Crippen LogP contribution in [0.3, 0.4) is 0 Å². The smallest absolute Gasteiger partial charge is 0.150 e. The first-order valence-electron chi connectivity index (χ1n) is 6.24. The number of nitrogens with two attached hydrogens (primary N) is 1. The summed E-state index contributed by atoms with van der Waals surface area (Å²) in [6.45, 7) is 0.329. The van der Waals surface area contributed by atoms with Crippen LogP contribution >= 0.6 is 23.1 Å². The van der Waals surface area contributed by atoms with Gasteiger partial charge < -0.3 is 11.1 Å². The maximum Gasteiger partial charge on any atom is 0.150 e. The van der Waals surface area contributed by atoms with E-state index in [0.29, 0.717) is 29.1 Å².